The van der Waals surface area contributed by atoms with Crippen molar-refractivity contribution in [2.24, 2.45) is 5.92 Å². The lowest BCUT2D eigenvalue weighted by molar-refractivity contribution is -0.274. The van der Waals surface area contributed by atoms with Crippen LogP contribution in [0, 0.1) is 12.8 Å². The van der Waals surface area contributed by atoms with Crippen molar-refractivity contribution in [1.82, 2.24) is 20.0 Å². The molecule has 0 spiro atoms. The third kappa shape index (κ3) is 6.95. The molecule has 1 aromatic heterocycles. The molecule has 1 aliphatic rings. The molecule has 0 atom stereocenters. The van der Waals surface area contributed by atoms with Gasteiger partial charge in [0.25, 0.3) is 0 Å². The molecule has 9 nitrogen and oxygen atoms in total. The standard InChI is InChI=1S/C26H30F3N5O4/c1-17-23(34(21-7-5-4-6-8-21)32-24(17)37-16-19-13-33(2)14-19)31-25(35)30-12-20-11-18(15-36-3)9-10-22(20)38-26(27,28)29/h4-11,19H,12-16H2,1-3H3,(H2,30,31,35). The zero-order valence-electron chi connectivity index (χ0n) is 21.3. The number of hydrogen-bond donors (Lipinski definition) is 2. The van der Waals surface area contributed by atoms with Gasteiger partial charge in [-0.3, -0.25) is 5.32 Å². The van der Waals surface area contributed by atoms with Crippen LogP contribution >= 0.6 is 0 Å². The maximum atomic E-state index is 12.9. The number of carbonyl (C=O) groups excluding carboxylic acids is 1. The summed E-state index contributed by atoms with van der Waals surface area (Å²) in [4.78, 5) is 15.1. The fourth-order valence-corrected chi connectivity index (χ4v) is 4.22. The molecule has 3 aromatic rings. The molecule has 12 heteroatoms. The van der Waals surface area contributed by atoms with Crippen LogP contribution in [-0.2, 0) is 17.9 Å². The molecule has 2 heterocycles. The first-order valence-electron chi connectivity index (χ1n) is 12.0. The Morgan fingerprint density at radius 3 is 2.55 bits per heavy atom. The second-order valence-electron chi connectivity index (χ2n) is 9.15. The van der Waals surface area contributed by atoms with Crippen LogP contribution in [0.1, 0.15) is 16.7 Å². The number of aromatic nitrogens is 2. The largest absolute Gasteiger partial charge is 0.573 e. The van der Waals surface area contributed by atoms with E-state index >= 15 is 0 Å². The summed E-state index contributed by atoms with van der Waals surface area (Å²) in [5.41, 5.74) is 2.11. The number of para-hydroxylation sites is 1. The number of urea groups is 1. The van der Waals surface area contributed by atoms with Gasteiger partial charge < -0.3 is 24.4 Å². The first-order valence-corrected chi connectivity index (χ1v) is 12.0. The summed E-state index contributed by atoms with van der Waals surface area (Å²) in [5, 5.41) is 9.94. The molecule has 2 N–H and O–H groups in total. The number of nitrogens with one attached hydrogen (secondary N) is 2. The Balaban J connectivity index is 1.51. The Hall–Kier alpha value is -3.77. The van der Waals surface area contributed by atoms with E-state index < -0.39 is 18.1 Å². The number of hydrogen-bond acceptors (Lipinski definition) is 6. The van der Waals surface area contributed by atoms with E-state index in [0.29, 0.717) is 41.0 Å². The molecule has 1 fully saturated rings. The van der Waals surface area contributed by atoms with Crippen molar-refractivity contribution in [3.63, 3.8) is 0 Å². The molecular weight excluding hydrogens is 503 g/mol. The van der Waals surface area contributed by atoms with Crippen LogP contribution in [0.3, 0.4) is 0 Å². The Bertz CT molecular complexity index is 1240. The van der Waals surface area contributed by atoms with Crippen molar-refractivity contribution >= 4 is 11.8 Å². The first kappa shape index (κ1) is 27.3. The third-order valence-corrected chi connectivity index (χ3v) is 6.01. The molecule has 0 bridgehead atoms. The maximum Gasteiger partial charge on any atom is 0.573 e. The van der Waals surface area contributed by atoms with Crippen LogP contribution in [0.15, 0.2) is 48.5 Å². The van der Waals surface area contributed by atoms with Crippen molar-refractivity contribution < 1.29 is 32.2 Å². The van der Waals surface area contributed by atoms with Crippen LogP contribution in [-0.4, -0.2) is 60.9 Å². The predicted molar refractivity (Wildman–Crippen MR) is 134 cm³/mol. The molecule has 38 heavy (non-hydrogen) atoms. The molecule has 0 unspecified atom stereocenters. The predicted octanol–water partition coefficient (Wildman–Crippen LogP) is 4.49. The molecule has 4 rings (SSSR count). The van der Waals surface area contributed by atoms with Crippen LogP contribution < -0.4 is 20.1 Å². The molecule has 0 aliphatic carbocycles. The summed E-state index contributed by atoms with van der Waals surface area (Å²) in [6.45, 7) is 4.15. The van der Waals surface area contributed by atoms with E-state index in [0.717, 1.165) is 13.1 Å². The number of carbonyl (C=O) groups is 1. The van der Waals surface area contributed by atoms with E-state index in [1.54, 1.807) is 11.6 Å². The minimum atomic E-state index is -4.87. The zero-order valence-corrected chi connectivity index (χ0v) is 21.3. The van der Waals surface area contributed by atoms with E-state index in [4.69, 9.17) is 9.47 Å². The van der Waals surface area contributed by atoms with Crippen molar-refractivity contribution in [2.45, 2.75) is 26.4 Å². The summed E-state index contributed by atoms with van der Waals surface area (Å²) >= 11 is 0. The molecule has 0 radical (unpaired) electrons. The number of anilines is 1. The Kier molecular flexibility index (Phi) is 8.42. The number of benzene rings is 2. The van der Waals surface area contributed by atoms with Crippen LogP contribution in [0.25, 0.3) is 5.69 Å². The van der Waals surface area contributed by atoms with Gasteiger partial charge in [-0.2, -0.15) is 0 Å². The quantitative estimate of drug-likeness (QED) is 0.399. The lowest BCUT2D eigenvalue weighted by Gasteiger charge is -2.35. The normalized spacial score (nSPS) is 14.2. The van der Waals surface area contributed by atoms with Gasteiger partial charge in [-0.25, -0.2) is 9.48 Å². The van der Waals surface area contributed by atoms with Gasteiger partial charge >= 0.3 is 12.4 Å². The number of ether oxygens (including phenoxy) is 3. The second kappa shape index (κ2) is 11.7. The number of likely N-dealkylation sites (tertiary alicyclic amines) is 1. The smallest absolute Gasteiger partial charge is 0.476 e. The highest BCUT2D eigenvalue weighted by molar-refractivity contribution is 5.89. The second-order valence-corrected chi connectivity index (χ2v) is 9.15. The number of methoxy groups -OCH3 is 1. The van der Waals surface area contributed by atoms with Gasteiger partial charge in [-0.05, 0) is 43.8 Å². The van der Waals surface area contributed by atoms with Crippen LogP contribution in [0.4, 0.5) is 23.8 Å². The van der Waals surface area contributed by atoms with Crippen LogP contribution in [0.5, 0.6) is 11.6 Å². The van der Waals surface area contributed by atoms with Crippen molar-refractivity contribution in [3.05, 3.63) is 65.2 Å². The van der Waals surface area contributed by atoms with E-state index in [9.17, 15) is 18.0 Å². The van der Waals surface area contributed by atoms with E-state index in [-0.39, 0.29) is 18.7 Å². The summed E-state index contributed by atoms with van der Waals surface area (Å²) in [5.74, 6) is 0.782. The van der Waals surface area contributed by atoms with Crippen molar-refractivity contribution in [1.29, 1.82) is 0 Å². The lowest BCUT2D eigenvalue weighted by Crippen LogP contribution is -2.46. The van der Waals surface area contributed by atoms with Gasteiger partial charge in [0, 0.05) is 38.2 Å². The minimum Gasteiger partial charge on any atom is -0.476 e. The molecular formula is C26H30F3N5O4. The van der Waals surface area contributed by atoms with Gasteiger partial charge in [-0.15, -0.1) is 18.3 Å². The summed E-state index contributed by atoms with van der Waals surface area (Å²) in [6.07, 6.45) is -4.87. The molecule has 0 saturated carbocycles. The Labute approximate surface area is 218 Å². The van der Waals surface area contributed by atoms with E-state index in [1.165, 1.54) is 25.3 Å². The zero-order chi connectivity index (χ0) is 27.3. The highest BCUT2D eigenvalue weighted by atomic mass is 19.4. The van der Waals surface area contributed by atoms with E-state index in [1.807, 2.05) is 37.4 Å². The SMILES string of the molecule is COCc1ccc(OC(F)(F)F)c(CNC(=O)Nc2c(C)c(OCC3CN(C)C3)nn2-c2ccccc2)c1. The number of amides is 2. The molecule has 204 valence electrons. The van der Waals surface area contributed by atoms with Gasteiger partial charge in [0.2, 0.25) is 5.88 Å². The summed E-state index contributed by atoms with van der Waals surface area (Å²) < 4.78 is 55.4. The highest BCUT2D eigenvalue weighted by Crippen LogP contribution is 2.30. The summed E-state index contributed by atoms with van der Waals surface area (Å²) in [6, 6.07) is 12.8. The summed E-state index contributed by atoms with van der Waals surface area (Å²) in [7, 11) is 3.52. The van der Waals surface area contributed by atoms with Crippen LogP contribution in [0.2, 0.25) is 0 Å². The average molecular weight is 534 g/mol. The minimum absolute atomic E-state index is 0.148. The fourth-order valence-electron chi connectivity index (χ4n) is 4.22. The Morgan fingerprint density at radius 2 is 1.89 bits per heavy atom. The van der Waals surface area contributed by atoms with Gasteiger partial charge in [0.05, 0.1) is 24.5 Å². The highest BCUT2D eigenvalue weighted by Gasteiger charge is 2.32. The van der Waals surface area contributed by atoms with Gasteiger partial charge in [-0.1, -0.05) is 24.3 Å². The number of halogens is 3. The van der Waals surface area contributed by atoms with Gasteiger partial charge in [0.1, 0.15) is 11.6 Å². The van der Waals surface area contributed by atoms with E-state index in [2.05, 4.69) is 25.4 Å². The topological polar surface area (TPSA) is 89.9 Å². The number of alkyl halides is 3. The molecule has 2 amide bonds. The number of nitrogens with zero attached hydrogens (tertiary/aromatic N) is 3. The first-order chi connectivity index (χ1) is 18.1. The van der Waals surface area contributed by atoms with Crippen molar-refractivity contribution in [2.75, 3.05) is 39.2 Å². The number of rotatable bonds is 10. The van der Waals surface area contributed by atoms with Crippen molar-refractivity contribution in [3.8, 4) is 17.3 Å². The van der Waals surface area contributed by atoms with Gasteiger partial charge in [0.15, 0.2) is 0 Å². The average Bonchev–Trinajstić information content (AvgIpc) is 3.16. The maximum absolute atomic E-state index is 12.9. The lowest BCUT2D eigenvalue weighted by atomic mass is 10.0. The third-order valence-electron chi connectivity index (χ3n) is 6.01. The monoisotopic (exact) mass is 533 g/mol. The molecule has 2 aromatic carbocycles. The molecule has 1 aliphatic heterocycles. The fraction of sp³-hybridized carbons (Fsp3) is 0.385. The molecule has 1 saturated heterocycles. The Morgan fingerprint density at radius 1 is 1.16 bits per heavy atom.